The molecule has 0 saturated heterocycles. The van der Waals surface area contributed by atoms with Gasteiger partial charge in [0, 0.05) is 12.7 Å². The van der Waals surface area contributed by atoms with E-state index in [0.717, 1.165) is 11.4 Å². The number of rotatable bonds is 11. The highest BCUT2D eigenvalue weighted by atomic mass is 16.5. The highest BCUT2D eigenvalue weighted by Gasteiger charge is 2.14. The van der Waals surface area contributed by atoms with Crippen molar-refractivity contribution in [3.63, 3.8) is 0 Å². The maximum atomic E-state index is 12.7. The Morgan fingerprint density at radius 2 is 1.88 bits per heavy atom. The Morgan fingerprint density at radius 3 is 2.63 bits per heavy atom. The smallest absolute Gasteiger partial charge is 0.264 e. The number of aromatic nitrogens is 3. The minimum atomic E-state index is -0.459. The van der Waals surface area contributed by atoms with Crippen LogP contribution in [0.4, 0.5) is 5.95 Å². The highest BCUT2D eigenvalue weighted by molar-refractivity contribution is 6.37. The van der Waals surface area contributed by atoms with Crippen LogP contribution in [0.25, 0.3) is 11.3 Å². The molecule has 0 spiro atoms. The van der Waals surface area contributed by atoms with Gasteiger partial charge in [-0.15, -0.1) is 0 Å². The molecule has 3 N–H and O–H groups in total. The molecule has 11 heteroatoms. The van der Waals surface area contributed by atoms with Gasteiger partial charge in [0.2, 0.25) is 5.95 Å². The Balaban J connectivity index is 1.59. The monoisotopic (exact) mass is 548 g/mol. The standard InChI is InChI=1S/C30H28N8O3/c1-20(40-2)25-13-7-10-23(34-25)17-33-18-28(38-32)27-15-26(22-9-6-8-21(14-22)16-31)35-30(36-27)37-29(39)19-41-24-11-4-3-5-12-24/h3-15,18,20H,17,19,32H2,1-2H3,(H,35,36,37,39). The van der Waals surface area contributed by atoms with Crippen LogP contribution in [0.2, 0.25) is 0 Å². The Kier molecular flexibility index (Phi) is 9.79. The van der Waals surface area contributed by atoms with Crippen molar-refractivity contribution >= 4 is 23.8 Å². The van der Waals surface area contributed by atoms with E-state index in [0.29, 0.717) is 28.3 Å². The third-order valence-electron chi connectivity index (χ3n) is 5.84. The zero-order chi connectivity index (χ0) is 29.0. The van der Waals surface area contributed by atoms with Gasteiger partial charge < -0.3 is 15.3 Å². The van der Waals surface area contributed by atoms with Crippen molar-refractivity contribution in [2.45, 2.75) is 19.6 Å². The number of nitrogens with two attached hydrogens (primary N) is 1. The molecule has 1 atom stereocenters. The van der Waals surface area contributed by atoms with Crippen LogP contribution in [-0.4, -0.2) is 46.5 Å². The summed E-state index contributed by atoms with van der Waals surface area (Å²) >= 11 is 0. The molecule has 0 radical (unpaired) electrons. The van der Waals surface area contributed by atoms with Gasteiger partial charge in [-0.3, -0.25) is 20.1 Å². The molecule has 0 bridgehead atoms. The van der Waals surface area contributed by atoms with Gasteiger partial charge in [-0.05, 0) is 49.4 Å². The Bertz CT molecular complexity index is 1600. The summed E-state index contributed by atoms with van der Waals surface area (Å²) in [6.07, 6.45) is 1.33. The van der Waals surface area contributed by atoms with Gasteiger partial charge in [0.25, 0.3) is 5.91 Å². The average molecular weight is 549 g/mol. The number of ether oxygens (including phenoxy) is 2. The number of hydrogen-bond donors (Lipinski definition) is 2. The van der Waals surface area contributed by atoms with Crippen LogP contribution in [0.1, 0.15) is 35.7 Å². The molecule has 1 unspecified atom stereocenters. The van der Waals surface area contributed by atoms with Crippen LogP contribution in [0.5, 0.6) is 5.75 Å². The predicted molar refractivity (Wildman–Crippen MR) is 155 cm³/mol. The number of carbonyl (C=O) groups excluding carboxylic acids is 1. The van der Waals surface area contributed by atoms with Crippen molar-refractivity contribution in [2.24, 2.45) is 15.9 Å². The average Bonchev–Trinajstić information content (AvgIpc) is 3.02. The van der Waals surface area contributed by atoms with Crippen molar-refractivity contribution in [1.82, 2.24) is 15.0 Å². The summed E-state index contributed by atoms with van der Waals surface area (Å²) in [6.45, 7) is 1.94. The number of nitriles is 1. The molecule has 2 aromatic heterocycles. The second-order valence-electron chi connectivity index (χ2n) is 8.72. The third kappa shape index (κ3) is 8.01. The normalized spacial score (nSPS) is 12.1. The maximum absolute atomic E-state index is 12.7. The number of nitrogens with zero attached hydrogens (tertiary/aromatic N) is 6. The molecule has 206 valence electrons. The fraction of sp³-hybridized carbons (Fsp3) is 0.167. The lowest BCUT2D eigenvalue weighted by Crippen LogP contribution is -2.22. The molecule has 0 saturated carbocycles. The molecule has 4 aromatic rings. The largest absolute Gasteiger partial charge is 0.484 e. The summed E-state index contributed by atoms with van der Waals surface area (Å²) in [4.78, 5) is 30.6. The molecular weight excluding hydrogens is 520 g/mol. The molecule has 0 aliphatic carbocycles. The van der Waals surface area contributed by atoms with E-state index in [1.165, 1.54) is 6.21 Å². The first kappa shape index (κ1) is 28.5. The van der Waals surface area contributed by atoms with E-state index < -0.39 is 5.91 Å². The number of nitrogens with one attached hydrogen (secondary N) is 1. The van der Waals surface area contributed by atoms with E-state index in [4.69, 9.17) is 15.3 Å². The molecule has 4 rings (SSSR count). The zero-order valence-corrected chi connectivity index (χ0v) is 22.6. The number of hydrazone groups is 1. The summed E-state index contributed by atoms with van der Waals surface area (Å²) < 4.78 is 10.9. The van der Waals surface area contributed by atoms with Crippen LogP contribution >= 0.6 is 0 Å². The molecule has 1 amide bonds. The third-order valence-corrected chi connectivity index (χ3v) is 5.84. The molecule has 2 heterocycles. The second-order valence-corrected chi connectivity index (χ2v) is 8.72. The van der Waals surface area contributed by atoms with E-state index in [1.807, 2.05) is 43.3 Å². The fourth-order valence-corrected chi connectivity index (χ4v) is 3.68. The van der Waals surface area contributed by atoms with Crippen molar-refractivity contribution in [3.8, 4) is 23.1 Å². The highest BCUT2D eigenvalue weighted by Crippen LogP contribution is 2.21. The first-order valence-corrected chi connectivity index (χ1v) is 12.6. The summed E-state index contributed by atoms with van der Waals surface area (Å²) in [5.41, 5.74) is 3.65. The SMILES string of the molecule is COC(C)c1cccc(CN=CC(=NN)c2cc(-c3cccc(C#N)c3)nc(NC(=O)COc3ccccc3)n2)n1. The Hall–Kier alpha value is -5.47. The van der Waals surface area contributed by atoms with Gasteiger partial charge in [-0.1, -0.05) is 36.4 Å². The van der Waals surface area contributed by atoms with Gasteiger partial charge in [0.15, 0.2) is 6.61 Å². The number of para-hydroxylation sites is 1. The van der Waals surface area contributed by atoms with Crippen LogP contribution < -0.4 is 15.9 Å². The van der Waals surface area contributed by atoms with Crippen molar-refractivity contribution in [1.29, 1.82) is 5.26 Å². The quantitative estimate of drug-likeness (QED) is 0.161. The minimum Gasteiger partial charge on any atom is -0.484 e. The Morgan fingerprint density at radius 1 is 1.07 bits per heavy atom. The van der Waals surface area contributed by atoms with Gasteiger partial charge in [0.1, 0.15) is 11.5 Å². The van der Waals surface area contributed by atoms with Crippen LogP contribution in [0, 0.1) is 11.3 Å². The number of pyridine rings is 1. The lowest BCUT2D eigenvalue weighted by atomic mass is 10.1. The Labute approximate surface area is 237 Å². The van der Waals surface area contributed by atoms with Crippen LogP contribution in [-0.2, 0) is 16.1 Å². The number of anilines is 1. The lowest BCUT2D eigenvalue weighted by Gasteiger charge is -2.10. The van der Waals surface area contributed by atoms with Gasteiger partial charge in [-0.25, -0.2) is 9.97 Å². The van der Waals surface area contributed by atoms with Crippen molar-refractivity contribution in [3.05, 3.63) is 102 Å². The molecule has 11 nitrogen and oxygen atoms in total. The molecule has 0 aliphatic heterocycles. The summed E-state index contributed by atoms with van der Waals surface area (Å²) in [5, 5.41) is 15.9. The predicted octanol–water partition coefficient (Wildman–Crippen LogP) is 4.07. The summed E-state index contributed by atoms with van der Waals surface area (Å²) in [7, 11) is 1.63. The number of aliphatic imine (C=N–C) groups is 1. The fourth-order valence-electron chi connectivity index (χ4n) is 3.68. The minimum absolute atomic E-state index is 0.0130. The van der Waals surface area contributed by atoms with E-state index in [1.54, 1.807) is 49.6 Å². The zero-order valence-electron chi connectivity index (χ0n) is 22.6. The summed E-state index contributed by atoms with van der Waals surface area (Å²) in [6, 6.07) is 25.3. The van der Waals surface area contributed by atoms with Crippen LogP contribution in [0.15, 0.2) is 89.0 Å². The van der Waals surface area contributed by atoms with E-state index in [-0.39, 0.29) is 30.9 Å². The number of amides is 1. The number of hydrogen-bond acceptors (Lipinski definition) is 10. The van der Waals surface area contributed by atoms with E-state index >= 15 is 0 Å². The molecule has 41 heavy (non-hydrogen) atoms. The molecule has 0 aliphatic rings. The number of methoxy groups -OCH3 is 1. The lowest BCUT2D eigenvalue weighted by molar-refractivity contribution is -0.118. The van der Waals surface area contributed by atoms with Gasteiger partial charge >= 0.3 is 0 Å². The summed E-state index contributed by atoms with van der Waals surface area (Å²) in [5.74, 6) is 5.82. The first-order chi connectivity index (χ1) is 20.0. The number of benzene rings is 2. The molecular formula is C30H28N8O3. The van der Waals surface area contributed by atoms with E-state index in [9.17, 15) is 10.1 Å². The molecule has 2 aromatic carbocycles. The van der Waals surface area contributed by atoms with Crippen molar-refractivity contribution < 1.29 is 14.3 Å². The first-order valence-electron chi connectivity index (χ1n) is 12.6. The molecule has 0 fully saturated rings. The van der Waals surface area contributed by atoms with Crippen molar-refractivity contribution in [2.75, 3.05) is 19.0 Å². The van der Waals surface area contributed by atoms with E-state index in [2.05, 4.69) is 36.4 Å². The van der Waals surface area contributed by atoms with Gasteiger partial charge in [-0.2, -0.15) is 10.4 Å². The second kappa shape index (κ2) is 14.1. The van der Waals surface area contributed by atoms with Gasteiger partial charge in [0.05, 0.1) is 53.3 Å². The topological polar surface area (TPSA) is 161 Å². The van der Waals surface area contributed by atoms with Crippen LogP contribution in [0.3, 0.4) is 0 Å². The number of carbonyl (C=O) groups is 1. The maximum Gasteiger partial charge on any atom is 0.264 e.